The van der Waals surface area contributed by atoms with Gasteiger partial charge in [-0.15, -0.1) is 0 Å². The lowest BCUT2D eigenvalue weighted by molar-refractivity contribution is -0.0498. The predicted octanol–water partition coefficient (Wildman–Crippen LogP) is 3.42. The number of nitrogens with one attached hydrogen (secondary N) is 1. The molecule has 0 saturated carbocycles. The van der Waals surface area contributed by atoms with E-state index in [4.69, 9.17) is 0 Å². The van der Waals surface area contributed by atoms with E-state index in [0.29, 0.717) is 6.04 Å². The minimum Gasteiger partial charge on any atom is -0.435 e. The quantitative estimate of drug-likeness (QED) is 0.871. The van der Waals surface area contributed by atoms with Crippen molar-refractivity contribution in [2.75, 3.05) is 20.1 Å². The van der Waals surface area contributed by atoms with Gasteiger partial charge >= 0.3 is 6.61 Å². The average molecular weight is 298 g/mol. The molecule has 1 N–H and O–H groups in total. The summed E-state index contributed by atoms with van der Waals surface area (Å²) in [5.74, 6) is 0.202. The van der Waals surface area contributed by atoms with Crippen LogP contribution in [0.3, 0.4) is 0 Å². The standard InChI is InChI=1S/C16H24F2N2O/c1-12(19-11-14-5-3-4-10-20(14)2)13-6-8-15(9-7-13)21-16(17)18/h6-9,12,14,16,19H,3-5,10-11H2,1-2H3. The molecule has 0 aliphatic carbocycles. The lowest BCUT2D eigenvalue weighted by Crippen LogP contribution is -2.43. The van der Waals surface area contributed by atoms with Gasteiger partial charge < -0.3 is 15.0 Å². The molecule has 3 nitrogen and oxygen atoms in total. The Hall–Kier alpha value is -1.20. The van der Waals surface area contributed by atoms with Crippen molar-refractivity contribution in [3.63, 3.8) is 0 Å². The number of alkyl halides is 2. The first-order valence-electron chi connectivity index (χ1n) is 7.54. The third-order valence-corrected chi connectivity index (χ3v) is 4.19. The minimum absolute atomic E-state index is 0.195. The molecule has 0 spiro atoms. The maximum atomic E-state index is 12.1. The zero-order valence-electron chi connectivity index (χ0n) is 12.7. The van der Waals surface area contributed by atoms with Crippen LogP contribution >= 0.6 is 0 Å². The zero-order chi connectivity index (χ0) is 15.2. The number of ether oxygens (including phenoxy) is 1. The molecule has 118 valence electrons. The third-order valence-electron chi connectivity index (χ3n) is 4.19. The molecule has 1 fully saturated rings. The van der Waals surface area contributed by atoms with Crippen LogP contribution in [0, 0.1) is 0 Å². The minimum atomic E-state index is -2.77. The molecule has 1 heterocycles. The predicted molar refractivity (Wildman–Crippen MR) is 79.8 cm³/mol. The largest absolute Gasteiger partial charge is 0.435 e. The molecule has 1 saturated heterocycles. The summed E-state index contributed by atoms with van der Waals surface area (Å²) in [6.45, 7) is 1.44. The molecule has 2 rings (SSSR count). The van der Waals surface area contributed by atoms with Crippen LogP contribution in [0.25, 0.3) is 0 Å². The molecule has 1 aromatic carbocycles. The Bertz CT molecular complexity index is 425. The number of likely N-dealkylation sites (N-methyl/N-ethyl adjacent to an activating group) is 1. The molecule has 1 aliphatic rings. The second-order valence-electron chi connectivity index (χ2n) is 5.71. The van der Waals surface area contributed by atoms with E-state index in [-0.39, 0.29) is 11.8 Å². The molecule has 1 aromatic rings. The van der Waals surface area contributed by atoms with Gasteiger partial charge in [0, 0.05) is 18.6 Å². The fourth-order valence-electron chi connectivity index (χ4n) is 2.77. The first kappa shape index (κ1) is 16.2. The first-order chi connectivity index (χ1) is 10.1. The van der Waals surface area contributed by atoms with E-state index < -0.39 is 6.61 Å². The molecule has 0 bridgehead atoms. The monoisotopic (exact) mass is 298 g/mol. The van der Waals surface area contributed by atoms with Crippen LogP contribution in [0.2, 0.25) is 0 Å². The van der Waals surface area contributed by atoms with E-state index in [0.717, 1.165) is 12.1 Å². The van der Waals surface area contributed by atoms with Crippen molar-refractivity contribution in [2.45, 2.75) is 44.9 Å². The van der Waals surface area contributed by atoms with Gasteiger partial charge in [0.25, 0.3) is 0 Å². The van der Waals surface area contributed by atoms with Gasteiger partial charge in [0.05, 0.1) is 0 Å². The smallest absolute Gasteiger partial charge is 0.387 e. The summed E-state index contributed by atoms with van der Waals surface area (Å²) in [5, 5.41) is 3.53. The molecule has 0 aromatic heterocycles. The van der Waals surface area contributed by atoms with Gasteiger partial charge in [0.15, 0.2) is 0 Å². The van der Waals surface area contributed by atoms with E-state index in [2.05, 4.69) is 28.9 Å². The van der Waals surface area contributed by atoms with Gasteiger partial charge in [-0.2, -0.15) is 8.78 Å². The Balaban J connectivity index is 1.83. The molecular formula is C16H24F2N2O. The molecule has 0 radical (unpaired) electrons. The van der Waals surface area contributed by atoms with E-state index in [1.165, 1.54) is 25.8 Å². The van der Waals surface area contributed by atoms with Crippen LogP contribution in [0.1, 0.15) is 37.8 Å². The lowest BCUT2D eigenvalue weighted by Gasteiger charge is -2.33. The third kappa shape index (κ3) is 4.93. The molecule has 2 unspecified atom stereocenters. The van der Waals surface area contributed by atoms with Crippen molar-refractivity contribution >= 4 is 0 Å². The highest BCUT2D eigenvalue weighted by molar-refractivity contribution is 5.28. The lowest BCUT2D eigenvalue weighted by atomic mass is 10.0. The SMILES string of the molecule is CC(NCC1CCCCN1C)c1ccc(OC(F)F)cc1. The summed E-state index contributed by atoms with van der Waals surface area (Å²) in [6, 6.07) is 7.63. The molecular weight excluding hydrogens is 274 g/mol. The van der Waals surface area contributed by atoms with Crippen LogP contribution in [-0.4, -0.2) is 37.7 Å². The molecule has 2 atom stereocenters. The zero-order valence-corrected chi connectivity index (χ0v) is 12.7. The number of likely N-dealkylation sites (tertiary alicyclic amines) is 1. The number of halogens is 2. The Morgan fingerprint density at radius 1 is 1.29 bits per heavy atom. The highest BCUT2D eigenvalue weighted by Gasteiger charge is 2.19. The Kier molecular flexibility index (Phi) is 5.94. The number of piperidine rings is 1. The average Bonchev–Trinajstić information content (AvgIpc) is 2.46. The van der Waals surface area contributed by atoms with Gasteiger partial charge in [0.1, 0.15) is 5.75 Å². The summed E-state index contributed by atoms with van der Waals surface area (Å²) in [5.41, 5.74) is 1.08. The maximum Gasteiger partial charge on any atom is 0.387 e. The fourth-order valence-corrected chi connectivity index (χ4v) is 2.77. The number of benzene rings is 1. The number of hydrogen-bond acceptors (Lipinski definition) is 3. The van der Waals surface area contributed by atoms with Crippen molar-refractivity contribution in [2.24, 2.45) is 0 Å². The van der Waals surface area contributed by atoms with E-state index in [9.17, 15) is 8.78 Å². The molecule has 21 heavy (non-hydrogen) atoms. The Morgan fingerprint density at radius 2 is 2.00 bits per heavy atom. The number of nitrogens with zero attached hydrogens (tertiary/aromatic N) is 1. The second-order valence-corrected chi connectivity index (χ2v) is 5.71. The van der Waals surface area contributed by atoms with Crippen molar-refractivity contribution < 1.29 is 13.5 Å². The van der Waals surface area contributed by atoms with E-state index in [1.54, 1.807) is 12.1 Å². The van der Waals surface area contributed by atoms with Crippen LogP contribution < -0.4 is 10.1 Å². The number of hydrogen-bond donors (Lipinski definition) is 1. The molecule has 1 aliphatic heterocycles. The van der Waals surface area contributed by atoms with E-state index >= 15 is 0 Å². The van der Waals surface area contributed by atoms with Crippen LogP contribution in [0.4, 0.5) is 8.78 Å². The highest BCUT2D eigenvalue weighted by atomic mass is 19.3. The van der Waals surface area contributed by atoms with Gasteiger partial charge in [-0.25, -0.2) is 0 Å². The van der Waals surface area contributed by atoms with Crippen molar-refractivity contribution in [3.8, 4) is 5.75 Å². The summed E-state index contributed by atoms with van der Waals surface area (Å²) in [4.78, 5) is 2.41. The van der Waals surface area contributed by atoms with Gasteiger partial charge in [-0.3, -0.25) is 0 Å². The van der Waals surface area contributed by atoms with Crippen molar-refractivity contribution in [1.29, 1.82) is 0 Å². The van der Waals surface area contributed by atoms with Crippen molar-refractivity contribution in [1.82, 2.24) is 10.2 Å². The summed E-state index contributed by atoms with van der Waals surface area (Å²) in [7, 11) is 2.17. The van der Waals surface area contributed by atoms with E-state index in [1.807, 2.05) is 12.1 Å². The summed E-state index contributed by atoms with van der Waals surface area (Å²) >= 11 is 0. The first-order valence-corrected chi connectivity index (χ1v) is 7.54. The normalized spacial score (nSPS) is 21.5. The van der Waals surface area contributed by atoms with Crippen LogP contribution in [-0.2, 0) is 0 Å². The highest BCUT2D eigenvalue weighted by Crippen LogP contribution is 2.20. The Labute approximate surface area is 125 Å². The maximum absolute atomic E-state index is 12.1. The molecule has 5 heteroatoms. The number of rotatable bonds is 6. The van der Waals surface area contributed by atoms with Gasteiger partial charge in [0.2, 0.25) is 0 Å². The summed E-state index contributed by atoms with van der Waals surface area (Å²) < 4.78 is 28.6. The van der Waals surface area contributed by atoms with Crippen LogP contribution in [0.15, 0.2) is 24.3 Å². The topological polar surface area (TPSA) is 24.5 Å². The summed E-state index contributed by atoms with van der Waals surface area (Å²) in [6.07, 6.45) is 3.82. The fraction of sp³-hybridized carbons (Fsp3) is 0.625. The molecule has 0 amide bonds. The van der Waals surface area contributed by atoms with Gasteiger partial charge in [-0.1, -0.05) is 18.6 Å². The van der Waals surface area contributed by atoms with Gasteiger partial charge in [-0.05, 0) is 51.1 Å². The van der Waals surface area contributed by atoms with Crippen molar-refractivity contribution in [3.05, 3.63) is 29.8 Å². The Morgan fingerprint density at radius 3 is 2.62 bits per heavy atom. The second kappa shape index (κ2) is 7.71. The van der Waals surface area contributed by atoms with Crippen LogP contribution in [0.5, 0.6) is 5.75 Å².